The monoisotopic (exact) mass is 727 g/mol. The minimum Gasteiger partial charge on any atom is -0.456 e. The third-order valence-corrected chi connectivity index (χ3v) is 11.6. The topological polar surface area (TPSA) is 29.5 Å². The fourth-order valence-corrected chi connectivity index (χ4v) is 9.11. The average Bonchev–Trinajstić information content (AvgIpc) is 3.86. The Kier molecular flexibility index (Phi) is 6.93. The van der Waals surface area contributed by atoms with E-state index in [-0.39, 0.29) is 0 Å². The van der Waals surface area contributed by atoms with Gasteiger partial charge in [-0.25, -0.2) is 0 Å². The molecule has 0 amide bonds. The van der Waals surface area contributed by atoms with E-state index in [0.29, 0.717) is 0 Å². The lowest BCUT2D eigenvalue weighted by molar-refractivity contribution is 0.669. The van der Waals surface area contributed by atoms with E-state index in [9.17, 15) is 0 Å². The fraction of sp³-hybridized carbons (Fsp3) is 0. The first-order valence-electron chi connectivity index (χ1n) is 19.4. The second-order valence-corrected chi connectivity index (χ2v) is 14.8. The number of furan rings is 2. The van der Waals surface area contributed by atoms with Gasteiger partial charge in [0.2, 0.25) is 0 Å². The summed E-state index contributed by atoms with van der Waals surface area (Å²) in [7, 11) is 0. The zero-order chi connectivity index (χ0) is 37.5. The lowest BCUT2D eigenvalue weighted by Crippen LogP contribution is -2.11. The quantitative estimate of drug-likeness (QED) is 0.165. The molecule has 3 heteroatoms. The highest BCUT2D eigenvalue weighted by atomic mass is 16.3. The summed E-state index contributed by atoms with van der Waals surface area (Å²) >= 11 is 0. The Morgan fingerprint density at radius 3 is 1.79 bits per heavy atom. The van der Waals surface area contributed by atoms with Gasteiger partial charge in [0.25, 0.3) is 0 Å². The van der Waals surface area contributed by atoms with Crippen LogP contribution in [-0.2, 0) is 0 Å². The second-order valence-electron chi connectivity index (χ2n) is 14.8. The molecule has 12 rings (SSSR count). The maximum atomic E-state index is 6.72. The van der Waals surface area contributed by atoms with Crippen molar-refractivity contribution in [3.8, 4) is 22.3 Å². The summed E-state index contributed by atoms with van der Waals surface area (Å²) in [6, 6.07) is 71.5. The van der Waals surface area contributed by atoms with E-state index in [4.69, 9.17) is 8.83 Å². The maximum absolute atomic E-state index is 6.72. The Morgan fingerprint density at radius 1 is 0.298 bits per heavy atom. The van der Waals surface area contributed by atoms with E-state index in [2.05, 4.69) is 193 Å². The minimum atomic E-state index is 0.853. The summed E-state index contributed by atoms with van der Waals surface area (Å²) in [6.45, 7) is 0. The largest absolute Gasteiger partial charge is 0.456 e. The van der Waals surface area contributed by atoms with Gasteiger partial charge in [0, 0.05) is 38.2 Å². The van der Waals surface area contributed by atoms with Crippen LogP contribution in [0.1, 0.15) is 0 Å². The van der Waals surface area contributed by atoms with Crippen LogP contribution < -0.4 is 4.90 Å². The lowest BCUT2D eigenvalue weighted by atomic mass is 9.90. The molecule has 0 aliphatic heterocycles. The Balaban J connectivity index is 1.13. The van der Waals surface area contributed by atoms with Gasteiger partial charge in [-0.15, -0.1) is 0 Å². The minimum absolute atomic E-state index is 0.853. The van der Waals surface area contributed by atoms with Crippen molar-refractivity contribution >= 4 is 93.3 Å². The summed E-state index contributed by atoms with van der Waals surface area (Å²) in [4.78, 5) is 2.37. The molecule has 0 spiro atoms. The first kappa shape index (κ1) is 31.7. The SMILES string of the molecule is c1ccc(-c2cccc(N(c3ccccc3-c3ccc4c5ccccc5c5c(ccc6oc7ccccc7c65)c4c3)c3cccc4c3oc3ccccc34)c2)cc1. The van der Waals surface area contributed by atoms with Gasteiger partial charge in [0.15, 0.2) is 5.58 Å². The van der Waals surface area contributed by atoms with Crippen molar-refractivity contribution in [3.63, 3.8) is 0 Å². The van der Waals surface area contributed by atoms with E-state index in [0.717, 1.165) is 77.6 Å². The molecule has 0 aliphatic carbocycles. The average molecular weight is 728 g/mol. The molecule has 0 atom stereocenters. The second kappa shape index (κ2) is 12.5. The highest BCUT2D eigenvalue weighted by molar-refractivity contribution is 6.34. The molecule has 0 N–H and O–H groups in total. The predicted octanol–water partition coefficient (Wildman–Crippen LogP) is 15.7. The summed E-state index contributed by atoms with van der Waals surface area (Å²) in [5.41, 5.74) is 11.2. The summed E-state index contributed by atoms with van der Waals surface area (Å²) in [5.74, 6) is 0. The van der Waals surface area contributed by atoms with E-state index in [1.165, 1.54) is 37.9 Å². The molecule has 0 bridgehead atoms. The molecule has 2 heterocycles. The van der Waals surface area contributed by atoms with Gasteiger partial charge in [0.1, 0.15) is 16.7 Å². The van der Waals surface area contributed by atoms with Crippen LogP contribution >= 0.6 is 0 Å². The van der Waals surface area contributed by atoms with Gasteiger partial charge in [-0.1, -0.05) is 146 Å². The van der Waals surface area contributed by atoms with Crippen molar-refractivity contribution in [2.24, 2.45) is 0 Å². The number of rotatable bonds is 5. The van der Waals surface area contributed by atoms with E-state index < -0.39 is 0 Å². The van der Waals surface area contributed by atoms with Crippen LogP contribution in [0.15, 0.2) is 209 Å². The number of nitrogens with zero attached hydrogens (tertiary/aromatic N) is 1. The molecular formula is C54H33NO2. The van der Waals surface area contributed by atoms with Gasteiger partial charge in [-0.2, -0.15) is 0 Å². The van der Waals surface area contributed by atoms with Crippen LogP contribution in [0.2, 0.25) is 0 Å². The van der Waals surface area contributed by atoms with Gasteiger partial charge in [-0.3, -0.25) is 0 Å². The predicted molar refractivity (Wildman–Crippen MR) is 239 cm³/mol. The molecular weight excluding hydrogens is 695 g/mol. The first-order chi connectivity index (χ1) is 28.3. The molecule has 0 fully saturated rings. The molecule has 0 unspecified atom stereocenters. The number of benzene rings is 10. The fourth-order valence-electron chi connectivity index (χ4n) is 9.11. The molecule has 57 heavy (non-hydrogen) atoms. The van der Waals surface area contributed by atoms with Gasteiger partial charge in [0.05, 0.1) is 11.4 Å². The molecule has 2 aromatic heterocycles. The molecule has 12 aromatic rings. The molecule has 0 saturated carbocycles. The lowest BCUT2D eigenvalue weighted by Gasteiger charge is -2.28. The van der Waals surface area contributed by atoms with Crippen molar-refractivity contribution in [1.29, 1.82) is 0 Å². The molecule has 266 valence electrons. The Labute approximate surface area is 328 Å². The van der Waals surface area contributed by atoms with Gasteiger partial charge >= 0.3 is 0 Å². The molecule has 10 aromatic carbocycles. The van der Waals surface area contributed by atoms with Crippen LogP contribution in [0, 0.1) is 0 Å². The van der Waals surface area contributed by atoms with Crippen LogP contribution in [0.4, 0.5) is 17.1 Å². The molecule has 3 nitrogen and oxygen atoms in total. The Hall–Kier alpha value is -7.62. The van der Waals surface area contributed by atoms with Gasteiger partial charge in [-0.05, 0) is 98.2 Å². The number of hydrogen-bond donors (Lipinski definition) is 0. The zero-order valence-corrected chi connectivity index (χ0v) is 30.8. The Morgan fingerprint density at radius 2 is 0.912 bits per heavy atom. The highest BCUT2D eigenvalue weighted by Gasteiger charge is 2.23. The van der Waals surface area contributed by atoms with Crippen LogP contribution in [0.3, 0.4) is 0 Å². The molecule has 0 aliphatic rings. The van der Waals surface area contributed by atoms with Crippen LogP contribution in [0.25, 0.3) is 98.4 Å². The highest BCUT2D eigenvalue weighted by Crippen LogP contribution is 2.48. The van der Waals surface area contributed by atoms with Crippen molar-refractivity contribution in [3.05, 3.63) is 200 Å². The molecule has 0 radical (unpaired) electrons. The van der Waals surface area contributed by atoms with Crippen LogP contribution in [-0.4, -0.2) is 0 Å². The number of para-hydroxylation sites is 4. The zero-order valence-electron chi connectivity index (χ0n) is 30.8. The van der Waals surface area contributed by atoms with Gasteiger partial charge < -0.3 is 13.7 Å². The van der Waals surface area contributed by atoms with Crippen molar-refractivity contribution < 1.29 is 8.83 Å². The van der Waals surface area contributed by atoms with Crippen LogP contribution in [0.5, 0.6) is 0 Å². The summed E-state index contributed by atoms with van der Waals surface area (Å²) in [5, 5.41) is 11.8. The number of hydrogen-bond acceptors (Lipinski definition) is 3. The Bertz CT molecular complexity index is 3540. The van der Waals surface area contributed by atoms with Crippen molar-refractivity contribution in [1.82, 2.24) is 0 Å². The smallest absolute Gasteiger partial charge is 0.159 e. The standard InChI is InChI=1S/C54H33NO2/c1-2-14-34(15-3-1)35-16-12-17-37(32-35)55(48-25-13-23-44-41-20-7-10-26-49(41)57-54(44)48)47-24-9-6-18-38(47)36-28-29-40-39-19-4-5-21-42(39)52-43(46(40)33-36)30-31-51-53(52)45-22-8-11-27-50(45)56-51/h1-33H. The van der Waals surface area contributed by atoms with Crippen molar-refractivity contribution in [2.45, 2.75) is 0 Å². The summed E-state index contributed by atoms with van der Waals surface area (Å²) in [6.07, 6.45) is 0. The third-order valence-electron chi connectivity index (χ3n) is 11.6. The normalized spacial score (nSPS) is 11.9. The summed E-state index contributed by atoms with van der Waals surface area (Å²) < 4.78 is 13.1. The van der Waals surface area contributed by atoms with E-state index in [1.807, 2.05) is 12.1 Å². The third kappa shape index (κ3) is 4.86. The van der Waals surface area contributed by atoms with E-state index >= 15 is 0 Å². The number of anilines is 3. The van der Waals surface area contributed by atoms with Crippen molar-refractivity contribution in [2.75, 3.05) is 4.90 Å². The van der Waals surface area contributed by atoms with E-state index in [1.54, 1.807) is 0 Å². The number of fused-ring (bicyclic) bond motifs is 13. The first-order valence-corrected chi connectivity index (χ1v) is 19.4. The maximum Gasteiger partial charge on any atom is 0.159 e. The molecule has 0 saturated heterocycles.